The van der Waals surface area contributed by atoms with Gasteiger partial charge in [0.1, 0.15) is 72.6 Å². The molecule has 3 fully saturated rings. The summed E-state index contributed by atoms with van der Waals surface area (Å²) in [7, 11) is -10.9. The number of H-pyrrole nitrogens is 1. The van der Waals surface area contributed by atoms with E-state index >= 15 is 0 Å². The molecule has 14 N–H and O–H groups in total. The number of rotatable bonds is 14. The predicted octanol–water partition coefficient (Wildman–Crippen LogP) is -4.90. The summed E-state index contributed by atoms with van der Waals surface area (Å²) < 4.78 is 68.5. The van der Waals surface area contributed by atoms with Crippen LogP contribution in [0.25, 0.3) is 22.3 Å². The smallest absolute Gasteiger partial charge is 0.394 e. The first-order valence-corrected chi connectivity index (χ1v) is 21.0. The summed E-state index contributed by atoms with van der Waals surface area (Å²) in [5.41, 5.74) is 15.1. The number of ether oxygens (including phenoxy) is 3. The standard InChI is InChI=1S/C29H37N13O18P2/c30-12-1-2-40(29(49)37-12)25-17(46)15(44)10(57-25)4-54-61(50,51)59-19-9(3-43)56-27(41-7-35-13-21(31)33-6-34-22(13)41)20(19)60-62(52,53)55-5-11-16(45)18(47)26(58-11)42-8-36-14-23(42)38-28(32)39-24(14)48/h1-2,6-11,15-20,25-27,43-47H,3-5H2,(H,50,51)(H,52,53)(H2,30,37,49)(H2,31,33,34)(H3,32,38,39,48)/t9-,10-,11-,15-,16-,17-,18-,19-,20-,25-,26-,27-/m1/s1. The molecule has 3 aliphatic rings. The summed E-state index contributed by atoms with van der Waals surface area (Å²) in [6, 6.07) is 1.22. The van der Waals surface area contributed by atoms with Crippen molar-refractivity contribution in [3.63, 3.8) is 0 Å². The molecule has 0 spiro atoms. The van der Waals surface area contributed by atoms with Crippen LogP contribution in [0.3, 0.4) is 0 Å². The van der Waals surface area contributed by atoms with Gasteiger partial charge in [-0.15, -0.1) is 0 Å². The molecule has 14 atom stereocenters. The molecule has 336 valence electrons. The molecule has 0 radical (unpaired) electrons. The lowest BCUT2D eigenvalue weighted by Crippen LogP contribution is -2.38. The highest BCUT2D eigenvalue weighted by Crippen LogP contribution is 2.54. The number of fused-ring (bicyclic) bond motifs is 2. The molecule has 2 unspecified atom stereocenters. The fourth-order valence-electron chi connectivity index (χ4n) is 7.02. The zero-order valence-electron chi connectivity index (χ0n) is 31.2. The van der Waals surface area contributed by atoms with Gasteiger partial charge in [0, 0.05) is 6.20 Å². The molecule has 31 nitrogen and oxygen atoms in total. The number of aliphatic hydroxyl groups excluding tert-OH is 5. The van der Waals surface area contributed by atoms with Crippen molar-refractivity contribution in [3.8, 4) is 0 Å². The molecule has 3 aliphatic heterocycles. The zero-order valence-corrected chi connectivity index (χ0v) is 33.0. The number of aliphatic hydroxyl groups is 5. The second kappa shape index (κ2) is 16.7. The Hall–Kier alpha value is -4.92. The maximum Gasteiger partial charge on any atom is 0.472 e. The van der Waals surface area contributed by atoms with Crippen molar-refractivity contribution < 1.29 is 76.8 Å². The molecular formula is C29H37N13O18P2. The van der Waals surface area contributed by atoms with Crippen LogP contribution >= 0.6 is 15.6 Å². The Morgan fingerprint density at radius 2 is 1.27 bits per heavy atom. The molecule has 8 rings (SSSR count). The quantitative estimate of drug-likeness (QED) is 0.0465. The van der Waals surface area contributed by atoms with Gasteiger partial charge in [-0.1, -0.05) is 0 Å². The van der Waals surface area contributed by atoms with Gasteiger partial charge in [-0.3, -0.25) is 41.6 Å². The first-order chi connectivity index (χ1) is 29.4. The third-order valence-corrected chi connectivity index (χ3v) is 11.9. The Bertz CT molecular complexity index is 2680. The highest BCUT2D eigenvalue weighted by molar-refractivity contribution is 7.47. The van der Waals surface area contributed by atoms with Crippen molar-refractivity contribution in [1.29, 1.82) is 0 Å². The van der Waals surface area contributed by atoms with Crippen molar-refractivity contribution in [2.45, 2.75) is 73.6 Å². The van der Waals surface area contributed by atoms with Crippen LogP contribution in [0.15, 0.2) is 40.8 Å². The lowest BCUT2D eigenvalue weighted by molar-refractivity contribution is -0.0620. The van der Waals surface area contributed by atoms with E-state index in [9.17, 15) is 54.0 Å². The number of anilines is 3. The van der Waals surface area contributed by atoms with Gasteiger partial charge in [-0.2, -0.15) is 9.97 Å². The molecule has 5 aromatic heterocycles. The van der Waals surface area contributed by atoms with E-state index < -0.39 is 120 Å². The molecule has 0 amide bonds. The van der Waals surface area contributed by atoms with Crippen LogP contribution < -0.4 is 28.5 Å². The second-order valence-corrected chi connectivity index (χ2v) is 16.7. The van der Waals surface area contributed by atoms with Crippen LogP contribution in [0.2, 0.25) is 0 Å². The lowest BCUT2D eigenvalue weighted by Gasteiger charge is -2.28. The predicted molar refractivity (Wildman–Crippen MR) is 199 cm³/mol. The number of hydrogen-bond donors (Lipinski definition) is 11. The summed E-state index contributed by atoms with van der Waals surface area (Å²) >= 11 is 0. The molecule has 0 aliphatic carbocycles. The number of nitrogens with two attached hydrogens (primary N) is 3. The van der Waals surface area contributed by atoms with Gasteiger partial charge in [0.05, 0.1) is 32.5 Å². The summed E-state index contributed by atoms with van der Waals surface area (Å²) in [4.78, 5) is 72.3. The van der Waals surface area contributed by atoms with Crippen molar-refractivity contribution >= 4 is 55.6 Å². The average Bonchev–Trinajstić information content (AvgIpc) is 4.02. The largest absolute Gasteiger partial charge is 0.472 e. The summed E-state index contributed by atoms with van der Waals surface area (Å²) in [5, 5.41) is 53.2. The minimum atomic E-state index is -5.45. The number of nitrogens with one attached hydrogen (secondary N) is 1. The lowest BCUT2D eigenvalue weighted by atomic mass is 10.1. The maximum atomic E-state index is 13.7. The number of phosphoric ester groups is 2. The highest BCUT2D eigenvalue weighted by atomic mass is 31.2. The minimum Gasteiger partial charge on any atom is -0.394 e. The van der Waals surface area contributed by atoms with Crippen LogP contribution in [-0.4, -0.2) is 159 Å². The SMILES string of the molecule is Nc1ccn([C@@H]2O[C@H](COP(=O)(O)O[C@H]3[C@@H](OP(=O)(O)OC[C@H]4O[C@@H](n5cnc6c(=O)[nH]c(N)nc65)[C@H](O)[C@@H]4O)[C@H](n4cnc5c(N)ncnc54)O[C@@H]3CO)[C@@H](O)[C@H]2O)c(=O)n1. The second-order valence-electron chi connectivity index (χ2n) is 13.9. The summed E-state index contributed by atoms with van der Waals surface area (Å²) in [6.45, 7) is -2.88. The van der Waals surface area contributed by atoms with E-state index in [4.69, 9.17) is 49.5 Å². The summed E-state index contributed by atoms with van der Waals surface area (Å²) in [6.07, 6.45) is -16.0. The monoisotopic (exact) mass is 917 g/mol. The first kappa shape index (κ1) is 43.7. The topological polar surface area (TPSA) is 460 Å². The number of imidazole rings is 2. The number of phosphoric acid groups is 2. The molecule has 0 bridgehead atoms. The zero-order chi connectivity index (χ0) is 44.4. The van der Waals surface area contributed by atoms with Gasteiger partial charge in [0.15, 0.2) is 41.3 Å². The van der Waals surface area contributed by atoms with Crippen molar-refractivity contribution in [1.82, 2.24) is 48.6 Å². The molecule has 0 saturated carbocycles. The number of nitrogens with zero attached hydrogens (tertiary/aromatic N) is 9. The third kappa shape index (κ3) is 8.21. The number of aromatic amines is 1. The summed E-state index contributed by atoms with van der Waals surface area (Å²) in [5.74, 6) is -0.519. The van der Waals surface area contributed by atoms with E-state index in [0.29, 0.717) is 0 Å². The van der Waals surface area contributed by atoms with Crippen LogP contribution in [-0.2, 0) is 41.4 Å². The van der Waals surface area contributed by atoms with E-state index in [-0.39, 0.29) is 39.9 Å². The van der Waals surface area contributed by atoms with E-state index in [0.717, 1.165) is 38.9 Å². The van der Waals surface area contributed by atoms with E-state index in [2.05, 4.69) is 34.9 Å². The van der Waals surface area contributed by atoms with Gasteiger partial charge < -0.3 is 66.7 Å². The Kier molecular flexibility index (Phi) is 11.7. The van der Waals surface area contributed by atoms with Crippen LogP contribution in [0, 0.1) is 0 Å². The Balaban J connectivity index is 1.01. The van der Waals surface area contributed by atoms with Crippen LogP contribution in [0.4, 0.5) is 17.6 Å². The molecule has 0 aromatic carbocycles. The van der Waals surface area contributed by atoms with E-state index in [1.807, 2.05) is 0 Å². The fourth-order valence-corrected chi connectivity index (χ4v) is 8.91. The molecule has 8 heterocycles. The van der Waals surface area contributed by atoms with Gasteiger partial charge >= 0.3 is 21.3 Å². The van der Waals surface area contributed by atoms with Gasteiger partial charge in [0.2, 0.25) is 5.95 Å². The average molecular weight is 918 g/mol. The van der Waals surface area contributed by atoms with Gasteiger partial charge in [0.25, 0.3) is 5.56 Å². The number of aromatic nitrogens is 10. The number of nitrogen functional groups attached to an aromatic ring is 3. The van der Waals surface area contributed by atoms with Crippen molar-refractivity contribution in [2.75, 3.05) is 37.0 Å². The fraction of sp³-hybridized carbons (Fsp3) is 0.517. The molecule has 5 aromatic rings. The molecular weight excluding hydrogens is 880 g/mol. The van der Waals surface area contributed by atoms with Crippen LogP contribution in [0.1, 0.15) is 18.7 Å². The molecule has 62 heavy (non-hydrogen) atoms. The van der Waals surface area contributed by atoms with Gasteiger partial charge in [-0.25, -0.2) is 33.9 Å². The minimum absolute atomic E-state index is 0.0284. The number of hydrogen-bond acceptors (Lipinski definition) is 25. The van der Waals surface area contributed by atoms with E-state index in [1.54, 1.807) is 0 Å². The van der Waals surface area contributed by atoms with Crippen molar-refractivity contribution in [2.24, 2.45) is 0 Å². The Morgan fingerprint density at radius 1 is 0.710 bits per heavy atom. The van der Waals surface area contributed by atoms with E-state index in [1.165, 1.54) is 6.07 Å². The molecule has 3 saturated heterocycles. The Labute approximate surface area is 343 Å². The maximum absolute atomic E-state index is 13.7. The first-order valence-electron chi connectivity index (χ1n) is 18.0. The van der Waals surface area contributed by atoms with Crippen LogP contribution in [0.5, 0.6) is 0 Å². The molecule has 33 heteroatoms. The van der Waals surface area contributed by atoms with Gasteiger partial charge in [-0.05, 0) is 6.07 Å². The Morgan fingerprint density at radius 3 is 1.89 bits per heavy atom. The third-order valence-electron chi connectivity index (χ3n) is 9.97. The normalized spacial score (nSPS) is 32.1. The van der Waals surface area contributed by atoms with Crippen molar-refractivity contribution in [3.05, 3.63) is 52.1 Å². The highest BCUT2D eigenvalue weighted by Gasteiger charge is 2.54.